The number of aliphatic hydroxyl groups excluding tert-OH is 3. The third kappa shape index (κ3) is 1.48. The number of hydrogen-bond acceptors (Lipinski definition) is 3. The van der Waals surface area contributed by atoms with Crippen LogP contribution in [0.3, 0.4) is 0 Å². The summed E-state index contributed by atoms with van der Waals surface area (Å²) >= 11 is 0. The fourth-order valence-electron chi connectivity index (χ4n) is 1.52. The van der Waals surface area contributed by atoms with Crippen LogP contribution >= 0.6 is 0 Å². The van der Waals surface area contributed by atoms with Crippen LogP contribution in [0.4, 0.5) is 0 Å². The van der Waals surface area contributed by atoms with Crippen LogP contribution in [0.25, 0.3) is 0 Å². The van der Waals surface area contributed by atoms with E-state index < -0.39 is 12.2 Å². The first-order chi connectivity index (χ1) is 4.75. The number of hydrogen-bond donors (Lipinski definition) is 3. The highest BCUT2D eigenvalue weighted by Crippen LogP contribution is 2.28. The van der Waals surface area contributed by atoms with Gasteiger partial charge in [0.05, 0.1) is 12.2 Å². The van der Waals surface area contributed by atoms with Crippen molar-refractivity contribution >= 4 is 0 Å². The molecule has 0 aromatic carbocycles. The van der Waals surface area contributed by atoms with Crippen LogP contribution in [-0.4, -0.2) is 34.1 Å². The van der Waals surface area contributed by atoms with Crippen molar-refractivity contribution in [1.29, 1.82) is 0 Å². The van der Waals surface area contributed by atoms with Gasteiger partial charge in [-0.3, -0.25) is 0 Å². The highest BCUT2D eigenvalue weighted by molar-refractivity contribution is 4.83. The minimum Gasteiger partial charge on any atom is -0.396 e. The van der Waals surface area contributed by atoms with Crippen molar-refractivity contribution in [3.8, 4) is 0 Å². The Balaban J connectivity index is 2.33. The van der Waals surface area contributed by atoms with E-state index >= 15 is 0 Å². The SMILES string of the molecule is OCCC1CC[C@@H](O)[C@H]1O. The summed E-state index contributed by atoms with van der Waals surface area (Å²) in [4.78, 5) is 0. The predicted octanol–water partition coefficient (Wildman–Crippen LogP) is -0.499. The van der Waals surface area contributed by atoms with E-state index in [9.17, 15) is 5.11 Å². The molecule has 0 aliphatic heterocycles. The Kier molecular flexibility index (Phi) is 2.65. The van der Waals surface area contributed by atoms with E-state index in [1.165, 1.54) is 0 Å². The van der Waals surface area contributed by atoms with E-state index in [0.717, 1.165) is 6.42 Å². The van der Waals surface area contributed by atoms with Crippen molar-refractivity contribution in [2.24, 2.45) is 5.92 Å². The van der Waals surface area contributed by atoms with E-state index in [1.54, 1.807) is 0 Å². The summed E-state index contributed by atoms with van der Waals surface area (Å²) in [6.45, 7) is 0.106. The maximum atomic E-state index is 9.23. The highest BCUT2D eigenvalue weighted by atomic mass is 16.3. The molecule has 1 rings (SSSR count). The zero-order valence-corrected chi connectivity index (χ0v) is 5.90. The van der Waals surface area contributed by atoms with Crippen LogP contribution in [0.1, 0.15) is 19.3 Å². The summed E-state index contributed by atoms with van der Waals surface area (Å²) in [6.07, 6.45) is 0.955. The monoisotopic (exact) mass is 146 g/mol. The largest absolute Gasteiger partial charge is 0.396 e. The second-order valence-electron chi connectivity index (χ2n) is 2.91. The minimum atomic E-state index is -0.604. The maximum absolute atomic E-state index is 9.23. The van der Waals surface area contributed by atoms with Crippen LogP contribution < -0.4 is 0 Å². The molecule has 3 N–H and O–H groups in total. The van der Waals surface area contributed by atoms with E-state index in [4.69, 9.17) is 10.2 Å². The lowest BCUT2D eigenvalue weighted by Gasteiger charge is -2.14. The first kappa shape index (κ1) is 7.98. The summed E-state index contributed by atoms with van der Waals surface area (Å²) in [5.41, 5.74) is 0. The molecule has 0 amide bonds. The first-order valence-electron chi connectivity index (χ1n) is 3.72. The van der Waals surface area contributed by atoms with Crippen molar-refractivity contribution in [1.82, 2.24) is 0 Å². The molecule has 1 fully saturated rings. The van der Waals surface area contributed by atoms with Gasteiger partial charge in [-0.25, -0.2) is 0 Å². The fraction of sp³-hybridized carbons (Fsp3) is 1.00. The average Bonchev–Trinajstić information content (AvgIpc) is 2.20. The van der Waals surface area contributed by atoms with Gasteiger partial charge >= 0.3 is 0 Å². The minimum absolute atomic E-state index is 0.106. The van der Waals surface area contributed by atoms with Crippen LogP contribution in [-0.2, 0) is 0 Å². The molecular weight excluding hydrogens is 132 g/mol. The Morgan fingerprint density at radius 3 is 2.30 bits per heavy atom. The smallest absolute Gasteiger partial charge is 0.0828 e. The molecule has 0 aromatic heterocycles. The molecule has 1 saturated carbocycles. The van der Waals surface area contributed by atoms with Crippen LogP contribution in [0.5, 0.6) is 0 Å². The molecule has 3 nitrogen and oxygen atoms in total. The van der Waals surface area contributed by atoms with Crippen molar-refractivity contribution < 1.29 is 15.3 Å². The van der Waals surface area contributed by atoms with Gasteiger partial charge in [0.25, 0.3) is 0 Å². The Hall–Kier alpha value is -0.120. The summed E-state index contributed by atoms with van der Waals surface area (Å²) in [7, 11) is 0. The first-order valence-corrected chi connectivity index (χ1v) is 3.72. The number of rotatable bonds is 2. The van der Waals surface area contributed by atoms with Gasteiger partial charge in [-0.1, -0.05) is 0 Å². The lowest BCUT2D eigenvalue weighted by atomic mass is 10.0. The maximum Gasteiger partial charge on any atom is 0.0828 e. The van der Waals surface area contributed by atoms with Gasteiger partial charge in [0.1, 0.15) is 0 Å². The molecule has 1 aliphatic carbocycles. The molecule has 0 bridgehead atoms. The molecule has 1 unspecified atom stereocenters. The van der Waals surface area contributed by atoms with Crippen LogP contribution in [0.15, 0.2) is 0 Å². The quantitative estimate of drug-likeness (QED) is 0.492. The summed E-state index contributed by atoms with van der Waals surface area (Å²) < 4.78 is 0. The molecule has 60 valence electrons. The van der Waals surface area contributed by atoms with Gasteiger partial charge in [-0.2, -0.15) is 0 Å². The predicted molar refractivity (Wildman–Crippen MR) is 36.4 cm³/mol. The molecule has 3 atom stereocenters. The molecule has 1 aliphatic rings. The molecule has 0 saturated heterocycles. The summed E-state index contributed by atoms with van der Waals surface area (Å²) in [6, 6.07) is 0. The molecule has 0 heterocycles. The van der Waals surface area contributed by atoms with Gasteiger partial charge < -0.3 is 15.3 Å². The average molecular weight is 146 g/mol. The Bertz CT molecular complexity index is 103. The van der Waals surface area contributed by atoms with Crippen molar-refractivity contribution in [2.45, 2.75) is 31.5 Å². The number of aliphatic hydroxyl groups is 3. The highest BCUT2D eigenvalue weighted by Gasteiger charge is 2.32. The normalized spacial score (nSPS) is 40.5. The zero-order valence-electron chi connectivity index (χ0n) is 5.90. The van der Waals surface area contributed by atoms with Gasteiger partial charge in [0.2, 0.25) is 0 Å². The van der Waals surface area contributed by atoms with Crippen LogP contribution in [0, 0.1) is 5.92 Å². The molecule has 10 heavy (non-hydrogen) atoms. The topological polar surface area (TPSA) is 60.7 Å². The zero-order chi connectivity index (χ0) is 7.56. The van der Waals surface area contributed by atoms with E-state index in [0.29, 0.717) is 12.8 Å². The van der Waals surface area contributed by atoms with Gasteiger partial charge in [0.15, 0.2) is 0 Å². The third-order valence-electron chi connectivity index (χ3n) is 2.21. The second-order valence-corrected chi connectivity index (χ2v) is 2.91. The van der Waals surface area contributed by atoms with Crippen molar-refractivity contribution in [3.63, 3.8) is 0 Å². The van der Waals surface area contributed by atoms with Gasteiger partial charge in [0, 0.05) is 6.61 Å². The Labute approximate surface area is 60.3 Å². The molecule has 0 aromatic rings. The van der Waals surface area contributed by atoms with Crippen molar-refractivity contribution in [2.75, 3.05) is 6.61 Å². The Morgan fingerprint density at radius 1 is 1.20 bits per heavy atom. The lowest BCUT2D eigenvalue weighted by Crippen LogP contribution is -2.25. The standard InChI is InChI=1S/C7H14O3/c8-4-3-5-1-2-6(9)7(5)10/h5-10H,1-4H2/t5?,6-,7+/m1/s1. The fourth-order valence-corrected chi connectivity index (χ4v) is 1.52. The lowest BCUT2D eigenvalue weighted by molar-refractivity contribution is 0.0153. The second kappa shape index (κ2) is 3.32. The van der Waals surface area contributed by atoms with Gasteiger partial charge in [-0.15, -0.1) is 0 Å². The van der Waals surface area contributed by atoms with Crippen molar-refractivity contribution in [3.05, 3.63) is 0 Å². The molecule has 0 radical (unpaired) electrons. The summed E-state index contributed by atoms with van der Waals surface area (Å²) in [5, 5.41) is 26.8. The van der Waals surface area contributed by atoms with Crippen LogP contribution in [0.2, 0.25) is 0 Å². The molecular formula is C7H14O3. The van der Waals surface area contributed by atoms with Gasteiger partial charge in [-0.05, 0) is 25.2 Å². The Morgan fingerprint density at radius 2 is 1.90 bits per heavy atom. The van der Waals surface area contributed by atoms with E-state index in [2.05, 4.69) is 0 Å². The molecule has 0 spiro atoms. The van der Waals surface area contributed by atoms with E-state index in [1.807, 2.05) is 0 Å². The summed E-state index contributed by atoms with van der Waals surface area (Å²) in [5.74, 6) is 0.111. The molecule has 3 heteroatoms. The third-order valence-corrected chi connectivity index (χ3v) is 2.21. The van der Waals surface area contributed by atoms with E-state index in [-0.39, 0.29) is 12.5 Å².